The number of hydrazine groups is 3. The lowest BCUT2D eigenvalue weighted by Crippen LogP contribution is -2.33. The monoisotopic (exact) mass is 341 g/mol. The molecule has 3 aromatic rings. The molecule has 122 valence electrons. The Morgan fingerprint density at radius 2 is 1.88 bits per heavy atom. The molecule has 7 nitrogen and oxygen atoms in total. The smallest absolute Gasteiger partial charge is 0.111 e. The molecule has 0 bridgehead atoms. The Bertz CT molecular complexity index is 842. The lowest BCUT2D eigenvalue weighted by atomic mass is 10.1. The quantitative estimate of drug-likeness (QED) is 0.579. The number of hydrogen-bond acceptors (Lipinski definition) is 6. The van der Waals surface area contributed by atoms with E-state index in [1.807, 2.05) is 47.2 Å². The van der Waals surface area contributed by atoms with E-state index in [1.54, 1.807) is 12.5 Å². The van der Waals surface area contributed by atoms with Gasteiger partial charge in [0.2, 0.25) is 0 Å². The number of nitrogens with one attached hydrogen (secondary N) is 4. The molecule has 1 saturated heterocycles. The van der Waals surface area contributed by atoms with Crippen LogP contribution in [0.2, 0.25) is 5.02 Å². The molecule has 2 aromatic heterocycles. The van der Waals surface area contributed by atoms with Crippen LogP contribution in [0.15, 0.2) is 55.1 Å². The number of imidazole rings is 1. The molecule has 0 radical (unpaired) electrons. The number of nitrogens with zero attached hydrogens (tertiary/aromatic N) is 3. The molecular weight excluding hydrogens is 326 g/mol. The van der Waals surface area contributed by atoms with E-state index in [9.17, 15) is 0 Å². The molecule has 4 rings (SSSR count). The molecular formula is C16H16ClN7. The van der Waals surface area contributed by atoms with Gasteiger partial charge in [0.1, 0.15) is 11.9 Å². The molecule has 0 aliphatic carbocycles. The summed E-state index contributed by atoms with van der Waals surface area (Å²) in [4.78, 5) is 8.89. The third-order valence-electron chi connectivity index (χ3n) is 3.82. The van der Waals surface area contributed by atoms with Gasteiger partial charge in [-0.1, -0.05) is 29.8 Å². The van der Waals surface area contributed by atoms with Gasteiger partial charge in [0.05, 0.1) is 12.0 Å². The maximum atomic E-state index is 6.22. The predicted molar refractivity (Wildman–Crippen MR) is 91.3 cm³/mol. The Morgan fingerprint density at radius 3 is 2.71 bits per heavy atom. The van der Waals surface area contributed by atoms with Crippen molar-refractivity contribution >= 4 is 11.6 Å². The van der Waals surface area contributed by atoms with Crippen molar-refractivity contribution in [1.29, 1.82) is 0 Å². The number of aromatic nitrogens is 3. The Morgan fingerprint density at radius 1 is 1.04 bits per heavy atom. The van der Waals surface area contributed by atoms with E-state index in [2.05, 4.69) is 31.9 Å². The van der Waals surface area contributed by atoms with E-state index in [-0.39, 0.29) is 6.17 Å². The SMILES string of the molecule is Clc1ccccc1Cn1cnc(-c2cc(C3NNNN3)ccn2)c1. The zero-order valence-electron chi connectivity index (χ0n) is 12.7. The summed E-state index contributed by atoms with van der Waals surface area (Å²) in [6, 6.07) is 11.8. The Labute approximate surface area is 144 Å². The topological polar surface area (TPSA) is 78.8 Å². The number of hydrogen-bond donors (Lipinski definition) is 4. The number of rotatable bonds is 4. The third kappa shape index (κ3) is 3.16. The molecule has 8 heteroatoms. The van der Waals surface area contributed by atoms with E-state index in [0.717, 1.165) is 27.5 Å². The molecule has 0 saturated carbocycles. The van der Waals surface area contributed by atoms with Crippen LogP contribution in [0.5, 0.6) is 0 Å². The van der Waals surface area contributed by atoms with E-state index in [1.165, 1.54) is 0 Å². The van der Waals surface area contributed by atoms with Gasteiger partial charge in [-0.05, 0) is 29.3 Å². The molecule has 0 spiro atoms. The zero-order valence-corrected chi connectivity index (χ0v) is 13.5. The van der Waals surface area contributed by atoms with Crippen molar-refractivity contribution in [3.8, 4) is 11.4 Å². The van der Waals surface area contributed by atoms with Crippen LogP contribution in [0.25, 0.3) is 11.4 Å². The van der Waals surface area contributed by atoms with Gasteiger partial charge in [-0.2, -0.15) is 11.1 Å². The maximum absolute atomic E-state index is 6.22. The molecule has 3 heterocycles. The summed E-state index contributed by atoms with van der Waals surface area (Å²) in [5, 5.41) is 0.756. The first-order chi connectivity index (χ1) is 11.8. The molecule has 1 aliphatic heterocycles. The third-order valence-corrected chi connectivity index (χ3v) is 4.19. The largest absolute Gasteiger partial charge is 0.332 e. The number of pyridine rings is 1. The normalized spacial score (nSPS) is 15.0. The lowest BCUT2D eigenvalue weighted by Gasteiger charge is -2.09. The highest BCUT2D eigenvalue weighted by molar-refractivity contribution is 6.31. The van der Waals surface area contributed by atoms with Gasteiger partial charge in [0.15, 0.2) is 0 Å². The molecule has 1 aromatic carbocycles. The van der Waals surface area contributed by atoms with E-state index in [0.29, 0.717) is 6.54 Å². The minimum absolute atomic E-state index is 0.0306. The van der Waals surface area contributed by atoms with Gasteiger partial charge >= 0.3 is 0 Å². The molecule has 1 aliphatic rings. The van der Waals surface area contributed by atoms with Crippen molar-refractivity contribution in [1.82, 2.24) is 36.5 Å². The average Bonchev–Trinajstić information content (AvgIpc) is 3.29. The zero-order chi connectivity index (χ0) is 16.4. The van der Waals surface area contributed by atoms with Gasteiger partial charge in [-0.3, -0.25) is 4.98 Å². The predicted octanol–water partition coefficient (Wildman–Crippen LogP) is 1.76. The van der Waals surface area contributed by atoms with Crippen molar-refractivity contribution in [2.75, 3.05) is 0 Å². The fourth-order valence-electron chi connectivity index (χ4n) is 2.59. The second kappa shape index (κ2) is 6.68. The van der Waals surface area contributed by atoms with E-state index < -0.39 is 0 Å². The van der Waals surface area contributed by atoms with Crippen LogP contribution in [0, 0.1) is 0 Å². The van der Waals surface area contributed by atoms with Crippen LogP contribution < -0.4 is 21.9 Å². The van der Waals surface area contributed by atoms with Gasteiger partial charge in [0.25, 0.3) is 0 Å². The first-order valence-electron chi connectivity index (χ1n) is 7.52. The van der Waals surface area contributed by atoms with Crippen molar-refractivity contribution in [3.63, 3.8) is 0 Å². The molecule has 0 amide bonds. The van der Waals surface area contributed by atoms with Crippen molar-refractivity contribution in [3.05, 3.63) is 71.3 Å². The molecule has 4 N–H and O–H groups in total. The highest BCUT2D eigenvalue weighted by Crippen LogP contribution is 2.21. The molecule has 0 unspecified atom stereocenters. The fourth-order valence-corrected chi connectivity index (χ4v) is 2.78. The van der Waals surface area contributed by atoms with Gasteiger partial charge in [-0.25, -0.2) is 15.8 Å². The summed E-state index contributed by atoms with van der Waals surface area (Å²) in [6.45, 7) is 0.673. The van der Waals surface area contributed by atoms with Crippen LogP contribution in [-0.2, 0) is 6.54 Å². The van der Waals surface area contributed by atoms with Crippen LogP contribution >= 0.6 is 11.6 Å². The molecule has 1 fully saturated rings. The summed E-state index contributed by atoms with van der Waals surface area (Å²) in [6.07, 6.45) is 5.51. The van der Waals surface area contributed by atoms with Gasteiger partial charge in [0, 0.05) is 24.0 Å². The minimum Gasteiger partial charge on any atom is -0.332 e. The van der Waals surface area contributed by atoms with E-state index >= 15 is 0 Å². The summed E-state index contributed by atoms with van der Waals surface area (Å²) in [5.74, 6) is 0. The Balaban J connectivity index is 1.56. The van der Waals surface area contributed by atoms with Crippen LogP contribution in [0.1, 0.15) is 17.3 Å². The average molecular weight is 342 g/mol. The summed E-state index contributed by atoms with van der Waals surface area (Å²) >= 11 is 6.22. The fraction of sp³-hybridized carbons (Fsp3) is 0.125. The van der Waals surface area contributed by atoms with Gasteiger partial charge in [-0.15, -0.1) is 0 Å². The van der Waals surface area contributed by atoms with E-state index in [4.69, 9.17) is 11.6 Å². The second-order valence-electron chi connectivity index (χ2n) is 5.47. The standard InChI is InChI=1S/C16H16ClN7/c17-13-4-2-1-3-12(13)8-24-9-15(19-10-24)14-7-11(5-6-18-14)16-20-22-23-21-16/h1-7,9-10,16,20-23H,8H2. The Hall–Kier alpha value is -2.29. The lowest BCUT2D eigenvalue weighted by molar-refractivity contribution is 0.554. The Kier molecular flexibility index (Phi) is 4.24. The maximum Gasteiger partial charge on any atom is 0.111 e. The number of benzene rings is 1. The molecule has 0 atom stereocenters. The second-order valence-corrected chi connectivity index (χ2v) is 5.88. The highest BCUT2D eigenvalue weighted by atomic mass is 35.5. The highest BCUT2D eigenvalue weighted by Gasteiger charge is 2.16. The van der Waals surface area contributed by atoms with Crippen molar-refractivity contribution in [2.24, 2.45) is 0 Å². The first kappa shape index (κ1) is 15.3. The summed E-state index contributed by atoms with van der Waals surface area (Å²) in [7, 11) is 0. The molecule has 24 heavy (non-hydrogen) atoms. The van der Waals surface area contributed by atoms with Crippen LogP contribution in [0.3, 0.4) is 0 Å². The summed E-state index contributed by atoms with van der Waals surface area (Å²) in [5.41, 5.74) is 15.5. The summed E-state index contributed by atoms with van der Waals surface area (Å²) < 4.78 is 2.00. The van der Waals surface area contributed by atoms with Crippen LogP contribution in [-0.4, -0.2) is 14.5 Å². The van der Waals surface area contributed by atoms with Crippen molar-refractivity contribution in [2.45, 2.75) is 12.7 Å². The number of halogens is 1. The van der Waals surface area contributed by atoms with Gasteiger partial charge < -0.3 is 4.57 Å². The van der Waals surface area contributed by atoms with Crippen LogP contribution in [0.4, 0.5) is 0 Å². The minimum atomic E-state index is -0.0306. The van der Waals surface area contributed by atoms with Crippen molar-refractivity contribution < 1.29 is 0 Å². The first-order valence-corrected chi connectivity index (χ1v) is 7.90.